The zero-order chi connectivity index (χ0) is 50.8. The molecule has 3 aliphatic heterocycles. The van der Waals surface area contributed by atoms with Gasteiger partial charge in [-0.05, 0) is 85.2 Å². The Morgan fingerprint density at radius 3 is 2.08 bits per heavy atom. The van der Waals surface area contributed by atoms with Crippen LogP contribution in [-0.4, -0.2) is 133 Å². The summed E-state index contributed by atoms with van der Waals surface area (Å²) in [5.41, 5.74) is 1.45. The van der Waals surface area contributed by atoms with Crippen molar-refractivity contribution < 1.29 is 136 Å². The molecule has 380 valence electrons. The Hall–Kier alpha value is -2.85. The second-order valence-corrected chi connectivity index (χ2v) is 22.3. The summed E-state index contributed by atoms with van der Waals surface area (Å²) in [6, 6.07) is 11.3. The minimum Gasteiger partial charge on any atom is -0.748 e. The van der Waals surface area contributed by atoms with E-state index in [4.69, 9.17) is 23.5 Å². The summed E-state index contributed by atoms with van der Waals surface area (Å²) < 4.78 is 131. The Morgan fingerprint density at radius 2 is 1.46 bits per heavy atom. The number of amides is 2. The number of carbonyl (C=O) groups is 3. The fourth-order valence-corrected chi connectivity index (χ4v) is 9.71. The van der Waals surface area contributed by atoms with Crippen molar-refractivity contribution in [3.05, 3.63) is 82.6 Å². The zero-order valence-electron chi connectivity index (χ0n) is 41.3. The fraction of sp³-hybridized carbons (Fsp3) is 0.522. The van der Waals surface area contributed by atoms with Gasteiger partial charge in [-0.25, -0.2) is 34.6 Å². The molecule has 71 heavy (non-hydrogen) atoms. The van der Waals surface area contributed by atoms with Crippen molar-refractivity contribution in [1.29, 1.82) is 0 Å². The number of carbonyl (C=O) groups excluding carboxylic acids is 3. The number of hydrogen-bond acceptors (Lipinski definition) is 18. The van der Waals surface area contributed by atoms with E-state index >= 15 is 0 Å². The summed E-state index contributed by atoms with van der Waals surface area (Å²) in [4.78, 5) is 43.3. The van der Waals surface area contributed by atoms with Gasteiger partial charge in [0.15, 0.2) is 6.54 Å². The van der Waals surface area contributed by atoms with Gasteiger partial charge in [0.2, 0.25) is 5.36 Å². The van der Waals surface area contributed by atoms with Crippen LogP contribution in [0.3, 0.4) is 0 Å². The Labute approximate surface area is 459 Å². The predicted molar refractivity (Wildman–Crippen MR) is 248 cm³/mol. The molecule has 0 aromatic heterocycles. The van der Waals surface area contributed by atoms with Crippen LogP contribution in [0.1, 0.15) is 89.5 Å². The van der Waals surface area contributed by atoms with Gasteiger partial charge in [0.1, 0.15) is 34.8 Å². The van der Waals surface area contributed by atoms with Crippen molar-refractivity contribution in [3.63, 3.8) is 0 Å². The van der Waals surface area contributed by atoms with Gasteiger partial charge in [-0.2, -0.15) is 0 Å². The van der Waals surface area contributed by atoms with Crippen LogP contribution < -0.4 is 73.9 Å². The molecule has 25 heteroatoms. The van der Waals surface area contributed by atoms with E-state index in [2.05, 4.69) is 0 Å². The number of allylic oxidation sites excluding steroid dienone is 3. The number of anilines is 1. The quantitative estimate of drug-likeness (QED) is 0.0276. The minimum atomic E-state index is -4.95. The number of hydrogen-bond donors (Lipinski definition) is 0. The number of nitrogens with zero attached hydrogens (tertiary/aromatic N) is 3. The molecule has 5 rings (SSSR count). The van der Waals surface area contributed by atoms with E-state index in [9.17, 15) is 53.3 Å². The van der Waals surface area contributed by atoms with E-state index in [0.29, 0.717) is 71.9 Å². The van der Waals surface area contributed by atoms with Crippen LogP contribution in [0.25, 0.3) is 17.4 Å². The van der Waals surface area contributed by atoms with Crippen LogP contribution in [0.4, 0.5) is 5.69 Å². The molecule has 1 fully saturated rings. The van der Waals surface area contributed by atoms with Crippen molar-refractivity contribution in [3.8, 4) is 11.3 Å². The summed E-state index contributed by atoms with van der Waals surface area (Å²) in [6.07, 6.45) is 4.77. The topological polar surface area (TPSA) is 282 Å². The first-order valence-corrected chi connectivity index (χ1v) is 26.9. The number of rotatable bonds is 25. The molecule has 1 saturated heterocycles. The average molecular weight is 1070 g/mol. The van der Waals surface area contributed by atoms with E-state index in [1.165, 1.54) is 12.1 Å². The largest absolute Gasteiger partial charge is 1.00 e. The van der Waals surface area contributed by atoms with Crippen molar-refractivity contribution in [2.45, 2.75) is 88.4 Å². The van der Waals surface area contributed by atoms with Crippen LogP contribution >= 0.6 is 0 Å². The van der Waals surface area contributed by atoms with Crippen molar-refractivity contribution in [1.82, 2.24) is 9.64 Å². The first-order valence-electron chi connectivity index (χ1n) is 22.3. The first kappa shape index (κ1) is 62.4. The molecule has 1 unspecified atom stereocenters. The van der Waals surface area contributed by atoms with E-state index in [0.717, 1.165) is 17.2 Å². The monoisotopic (exact) mass is 1070 g/mol. The standard InChI is InChI=1S/C46H61N3O17S3.2Na/c1-45(2,3)37-31-34(65-40-30-33(13-15-36(37)40)47(20-8-28-67(53,54)55)22-23-63-26-27-64-25-24-62-5)10-6-11-41-46(4,19-7-12-44(52)66-49-42(50)17-18-43(49)51)38-32-35(69(59,60)61)14-16-39(38)48(41)21-9-29-68(56,57)58;;/h6,10-11,13-16,30-32H,7-9,12,17-29H2,1-5H3,(H2-,53,54,55,56,57,58,59,60,61);;/q;2*+1/p-2. The fourth-order valence-electron chi connectivity index (χ4n) is 8.25. The van der Waals surface area contributed by atoms with Crippen molar-refractivity contribution in [2.24, 2.45) is 0 Å². The molecule has 0 bridgehead atoms. The maximum atomic E-state index is 12.9. The molecule has 0 radical (unpaired) electrons. The molecule has 0 saturated carbocycles. The van der Waals surface area contributed by atoms with Crippen LogP contribution in [0.15, 0.2) is 69.6 Å². The molecule has 1 aromatic rings. The third-order valence-corrected chi connectivity index (χ3v) is 14.0. The summed E-state index contributed by atoms with van der Waals surface area (Å²) in [7, 11) is -12.5. The summed E-state index contributed by atoms with van der Waals surface area (Å²) in [5.74, 6) is -2.53. The van der Waals surface area contributed by atoms with Crippen molar-refractivity contribution >= 4 is 59.9 Å². The van der Waals surface area contributed by atoms with Crippen LogP contribution in [0.5, 0.6) is 0 Å². The molecular weight excluding hydrogens is 1010 g/mol. The summed E-state index contributed by atoms with van der Waals surface area (Å²) in [5, 5.41) is 1.11. The molecule has 0 N–H and O–H groups in total. The van der Waals surface area contributed by atoms with Crippen LogP contribution in [0.2, 0.25) is 0 Å². The van der Waals surface area contributed by atoms with E-state index in [-0.39, 0.29) is 124 Å². The predicted octanol–water partition coefficient (Wildman–Crippen LogP) is -2.63. The SMILES string of the molecule is COCCOCCOCC[N+](CCCS(=O)(=O)[O-])=c1ccc2c(C(C)(C)C)cc(/C=C/C=C3/N(CCCS(=O)(=O)[O-])c4ccc(S(=O)(=O)[O-])cc4C3(C)CCCC(=O)ON3C(=O)CCC3=O)oc-2c1.[Na+].[Na+]. The van der Waals surface area contributed by atoms with E-state index in [1.54, 1.807) is 37.2 Å². The van der Waals surface area contributed by atoms with Gasteiger partial charge >= 0.3 is 65.1 Å². The number of benzene rings is 2. The number of methoxy groups -OCH3 is 1. The smallest absolute Gasteiger partial charge is 0.748 e. The van der Waals surface area contributed by atoms with Gasteiger partial charge in [0.25, 0.3) is 11.8 Å². The number of hydroxylamine groups is 2. The molecule has 2 amide bonds. The van der Waals surface area contributed by atoms with Gasteiger partial charge in [-0.15, -0.1) is 5.06 Å². The van der Waals surface area contributed by atoms with Gasteiger partial charge < -0.3 is 42.0 Å². The first-order chi connectivity index (χ1) is 32.3. The molecule has 1 aliphatic carbocycles. The normalized spacial score (nSPS) is 17.5. The Balaban J connectivity index is 0.00000666. The minimum absolute atomic E-state index is 0. The van der Waals surface area contributed by atoms with Gasteiger partial charge in [-0.1, -0.05) is 26.8 Å². The zero-order valence-corrected chi connectivity index (χ0v) is 47.8. The summed E-state index contributed by atoms with van der Waals surface area (Å²) >= 11 is 0. The van der Waals surface area contributed by atoms with Crippen LogP contribution in [0, 0.1) is 0 Å². The van der Waals surface area contributed by atoms with E-state index < -0.39 is 75.4 Å². The van der Waals surface area contributed by atoms with E-state index in [1.807, 2.05) is 49.6 Å². The number of fused-ring (bicyclic) bond motifs is 2. The Morgan fingerprint density at radius 1 is 0.831 bits per heavy atom. The molecule has 0 spiro atoms. The molecular formula is C46H59N3Na2O17S3. The third-order valence-electron chi connectivity index (χ3n) is 11.6. The van der Waals surface area contributed by atoms with Gasteiger partial charge in [-0.3, -0.25) is 9.59 Å². The third kappa shape index (κ3) is 18.2. The molecule has 20 nitrogen and oxygen atoms in total. The average Bonchev–Trinajstić information content (AvgIpc) is 3.68. The summed E-state index contributed by atoms with van der Waals surface area (Å²) in [6.45, 7) is 10.2. The van der Waals surface area contributed by atoms with Gasteiger partial charge in [0.05, 0.1) is 57.6 Å². The number of imide groups is 1. The maximum Gasteiger partial charge on any atom is 1.00 e. The molecule has 4 aliphatic rings. The maximum absolute atomic E-state index is 12.9. The van der Waals surface area contributed by atoms with Crippen molar-refractivity contribution in [2.75, 3.05) is 76.2 Å². The number of ether oxygens (including phenoxy) is 3. The molecule has 1 atom stereocenters. The van der Waals surface area contributed by atoms with Crippen LogP contribution in [-0.2, 0) is 74.6 Å². The Kier molecular flexibility index (Phi) is 23.8. The second kappa shape index (κ2) is 27.1. The Bertz CT molecular complexity index is 2790. The van der Waals surface area contributed by atoms with Gasteiger partial charge in [0, 0.05) is 79.3 Å². The molecule has 3 heterocycles. The second-order valence-electron chi connectivity index (χ2n) is 17.9. The molecule has 1 aromatic carbocycles.